The van der Waals surface area contributed by atoms with E-state index in [9.17, 15) is 0 Å². The summed E-state index contributed by atoms with van der Waals surface area (Å²) < 4.78 is 12.7. The summed E-state index contributed by atoms with van der Waals surface area (Å²) in [6.07, 6.45) is 0. The zero-order valence-electron chi connectivity index (χ0n) is 11.9. The summed E-state index contributed by atoms with van der Waals surface area (Å²) in [7, 11) is 0. The zero-order chi connectivity index (χ0) is 14.8. The molecular weight excluding hydrogens is 330 g/mol. The van der Waals surface area contributed by atoms with Gasteiger partial charge in [0.25, 0.3) is 0 Å². The molecular formula is C17H18BrNO2. The molecule has 0 saturated carbocycles. The largest absolute Gasteiger partial charge is 0.493 e. The van der Waals surface area contributed by atoms with E-state index in [2.05, 4.69) is 22.0 Å². The monoisotopic (exact) mass is 347 g/mol. The van der Waals surface area contributed by atoms with Crippen LogP contribution in [0.2, 0.25) is 0 Å². The van der Waals surface area contributed by atoms with Gasteiger partial charge in [0.05, 0.1) is 19.1 Å². The van der Waals surface area contributed by atoms with E-state index in [0.29, 0.717) is 13.2 Å². The number of halogens is 1. The first kappa shape index (κ1) is 14.4. The van der Waals surface area contributed by atoms with Gasteiger partial charge in [-0.25, -0.2) is 0 Å². The minimum Gasteiger partial charge on any atom is -0.493 e. The highest BCUT2D eigenvalue weighted by Gasteiger charge is 2.24. The van der Waals surface area contributed by atoms with Gasteiger partial charge >= 0.3 is 0 Å². The van der Waals surface area contributed by atoms with Crippen molar-refractivity contribution in [1.82, 2.24) is 0 Å². The number of rotatable bonds is 4. The second-order valence-electron chi connectivity index (χ2n) is 5.33. The van der Waals surface area contributed by atoms with Crippen molar-refractivity contribution < 1.29 is 9.47 Å². The molecule has 2 atom stereocenters. The van der Waals surface area contributed by atoms with E-state index in [1.165, 1.54) is 5.56 Å². The van der Waals surface area contributed by atoms with Crippen molar-refractivity contribution in [2.75, 3.05) is 13.2 Å². The lowest BCUT2D eigenvalue weighted by molar-refractivity contribution is 0.246. The van der Waals surface area contributed by atoms with Gasteiger partial charge in [0, 0.05) is 21.6 Å². The zero-order valence-corrected chi connectivity index (χ0v) is 13.5. The molecule has 2 aromatic carbocycles. The van der Waals surface area contributed by atoms with E-state index < -0.39 is 0 Å². The molecule has 2 N–H and O–H groups in total. The second-order valence-corrected chi connectivity index (χ2v) is 6.24. The van der Waals surface area contributed by atoms with E-state index in [0.717, 1.165) is 21.5 Å². The Bertz CT molecular complexity index is 642. The Morgan fingerprint density at radius 3 is 2.95 bits per heavy atom. The van der Waals surface area contributed by atoms with Gasteiger partial charge in [0.1, 0.15) is 11.5 Å². The summed E-state index contributed by atoms with van der Waals surface area (Å²) >= 11 is 3.48. The minimum absolute atomic E-state index is 0.0554. The van der Waals surface area contributed by atoms with Crippen LogP contribution in [0, 0.1) is 0 Å². The van der Waals surface area contributed by atoms with Crippen LogP contribution < -0.4 is 15.2 Å². The van der Waals surface area contributed by atoms with Crippen molar-refractivity contribution in [3.05, 3.63) is 58.1 Å². The van der Waals surface area contributed by atoms with Gasteiger partial charge in [-0.2, -0.15) is 0 Å². The summed E-state index contributed by atoms with van der Waals surface area (Å²) in [6.45, 7) is 3.22. The number of nitrogens with two attached hydrogens (primary N) is 1. The fourth-order valence-corrected chi connectivity index (χ4v) is 2.91. The maximum absolute atomic E-state index is 6.03. The molecule has 1 heterocycles. The molecule has 1 aliphatic heterocycles. The molecule has 1 unspecified atom stereocenters. The van der Waals surface area contributed by atoms with Gasteiger partial charge < -0.3 is 15.2 Å². The van der Waals surface area contributed by atoms with Crippen LogP contribution in [0.5, 0.6) is 11.5 Å². The minimum atomic E-state index is -0.0554. The lowest BCUT2D eigenvalue weighted by atomic mass is 10.0. The molecule has 110 valence electrons. The van der Waals surface area contributed by atoms with Gasteiger partial charge in [0.2, 0.25) is 0 Å². The predicted octanol–water partition coefficient (Wildman–Crippen LogP) is 4.02. The fourth-order valence-electron chi connectivity index (χ4n) is 2.57. The highest BCUT2D eigenvalue weighted by molar-refractivity contribution is 9.10. The Kier molecular flexibility index (Phi) is 4.17. The molecule has 3 rings (SSSR count). The molecule has 0 aliphatic carbocycles. The predicted molar refractivity (Wildman–Crippen MR) is 86.9 cm³/mol. The van der Waals surface area contributed by atoms with Crippen LogP contribution in [-0.2, 0) is 0 Å². The number of ether oxygens (including phenoxy) is 2. The Hall–Kier alpha value is -1.52. The Labute approximate surface area is 133 Å². The molecule has 4 heteroatoms. The maximum Gasteiger partial charge on any atom is 0.125 e. The lowest BCUT2D eigenvalue weighted by Crippen LogP contribution is -2.14. The Balaban J connectivity index is 1.76. The summed E-state index contributed by atoms with van der Waals surface area (Å²) in [5.41, 5.74) is 8.24. The van der Waals surface area contributed by atoms with Crippen molar-refractivity contribution in [1.29, 1.82) is 0 Å². The summed E-state index contributed by atoms with van der Waals surface area (Å²) in [5.74, 6) is 2.07. The smallest absolute Gasteiger partial charge is 0.125 e. The molecule has 0 aromatic heterocycles. The third-order valence-electron chi connectivity index (χ3n) is 3.71. The molecule has 3 nitrogen and oxygen atoms in total. The summed E-state index contributed by atoms with van der Waals surface area (Å²) in [5, 5.41) is 0. The van der Waals surface area contributed by atoms with E-state index in [4.69, 9.17) is 15.2 Å². The van der Waals surface area contributed by atoms with Crippen molar-refractivity contribution in [2.45, 2.75) is 18.9 Å². The third kappa shape index (κ3) is 3.06. The van der Waals surface area contributed by atoms with Crippen LogP contribution in [0.3, 0.4) is 0 Å². The topological polar surface area (TPSA) is 44.5 Å². The summed E-state index contributed by atoms with van der Waals surface area (Å²) in [4.78, 5) is 0. The molecule has 0 saturated heterocycles. The number of hydrogen-bond acceptors (Lipinski definition) is 3. The van der Waals surface area contributed by atoms with E-state index in [1.54, 1.807) is 0 Å². The Morgan fingerprint density at radius 2 is 2.14 bits per heavy atom. The van der Waals surface area contributed by atoms with Crippen LogP contribution in [0.15, 0.2) is 46.9 Å². The first-order valence-electron chi connectivity index (χ1n) is 7.04. The third-order valence-corrected chi connectivity index (χ3v) is 4.20. The number of fused-ring (bicyclic) bond motifs is 1. The molecule has 0 fully saturated rings. The number of para-hydroxylation sites is 1. The second kappa shape index (κ2) is 6.08. The van der Waals surface area contributed by atoms with Gasteiger partial charge in [0.15, 0.2) is 0 Å². The van der Waals surface area contributed by atoms with Gasteiger partial charge in [-0.3, -0.25) is 0 Å². The van der Waals surface area contributed by atoms with Crippen LogP contribution in [0.4, 0.5) is 0 Å². The van der Waals surface area contributed by atoms with Crippen LogP contribution in [0.25, 0.3) is 0 Å². The average molecular weight is 348 g/mol. The highest BCUT2D eigenvalue weighted by atomic mass is 79.9. The standard InChI is InChI=1S/C17H18BrNO2/c1-11(19)14-7-6-13(18)8-17(14)21-10-12-9-20-16-5-3-2-4-15(12)16/h2-8,11-12H,9-10,19H2,1H3/t11-,12?/m0/s1. The van der Waals surface area contributed by atoms with Crippen molar-refractivity contribution in [3.63, 3.8) is 0 Å². The van der Waals surface area contributed by atoms with Crippen LogP contribution in [0.1, 0.15) is 30.0 Å². The number of hydrogen-bond donors (Lipinski definition) is 1. The summed E-state index contributed by atoms with van der Waals surface area (Å²) in [6, 6.07) is 14.0. The lowest BCUT2D eigenvalue weighted by Gasteiger charge is -2.16. The number of benzene rings is 2. The highest BCUT2D eigenvalue weighted by Crippen LogP contribution is 2.35. The molecule has 0 spiro atoms. The maximum atomic E-state index is 6.03. The van der Waals surface area contributed by atoms with E-state index in [1.807, 2.05) is 43.3 Å². The normalized spacial score (nSPS) is 18.0. The van der Waals surface area contributed by atoms with E-state index in [-0.39, 0.29) is 12.0 Å². The molecule has 1 aliphatic rings. The van der Waals surface area contributed by atoms with Crippen LogP contribution >= 0.6 is 15.9 Å². The van der Waals surface area contributed by atoms with Gasteiger partial charge in [-0.15, -0.1) is 0 Å². The first-order valence-corrected chi connectivity index (χ1v) is 7.84. The molecule has 0 radical (unpaired) electrons. The molecule has 21 heavy (non-hydrogen) atoms. The SMILES string of the molecule is C[C@H](N)c1ccc(Br)cc1OCC1COc2ccccc21. The molecule has 2 aromatic rings. The quantitative estimate of drug-likeness (QED) is 0.908. The van der Waals surface area contributed by atoms with E-state index >= 15 is 0 Å². The Morgan fingerprint density at radius 1 is 1.33 bits per heavy atom. The molecule has 0 bridgehead atoms. The average Bonchev–Trinajstić information content (AvgIpc) is 2.88. The fraction of sp³-hybridized carbons (Fsp3) is 0.294. The van der Waals surface area contributed by atoms with Gasteiger partial charge in [-0.05, 0) is 25.1 Å². The van der Waals surface area contributed by atoms with Crippen molar-refractivity contribution >= 4 is 15.9 Å². The first-order chi connectivity index (χ1) is 10.1. The van der Waals surface area contributed by atoms with Crippen LogP contribution in [-0.4, -0.2) is 13.2 Å². The van der Waals surface area contributed by atoms with Gasteiger partial charge in [-0.1, -0.05) is 40.2 Å². The van der Waals surface area contributed by atoms with Crippen molar-refractivity contribution in [2.24, 2.45) is 5.73 Å². The van der Waals surface area contributed by atoms with Crippen molar-refractivity contribution in [3.8, 4) is 11.5 Å². The molecule has 0 amide bonds.